The van der Waals surface area contributed by atoms with Crippen molar-refractivity contribution in [2.75, 3.05) is 21.2 Å². The second-order valence-corrected chi connectivity index (χ2v) is 3.55. The van der Waals surface area contributed by atoms with E-state index in [2.05, 4.69) is 26.2 Å². The van der Waals surface area contributed by atoms with Gasteiger partial charge in [-0.15, -0.1) is 0 Å². The average Bonchev–Trinajstić information content (AvgIpc) is 1.86. The molecule has 0 aromatic heterocycles. The molecule has 1 unspecified atom stereocenters. The first kappa shape index (κ1) is 10.9. The van der Waals surface area contributed by atoms with Crippen LogP contribution < -0.4 is 5.43 Å². The first-order valence-electron chi connectivity index (χ1n) is 3.89. The molecule has 0 radical (unpaired) electrons. The first-order chi connectivity index (χ1) is 4.90. The fraction of sp³-hybridized carbons (Fsp3) is 1.00. The van der Waals surface area contributed by atoms with Crippen molar-refractivity contribution in [2.24, 2.45) is 0 Å². The fourth-order valence-electron chi connectivity index (χ4n) is 0.720. The fourth-order valence-corrected chi connectivity index (χ4v) is 0.720. The van der Waals surface area contributed by atoms with Gasteiger partial charge >= 0.3 is 0 Å². The van der Waals surface area contributed by atoms with E-state index in [1.165, 1.54) is 0 Å². The van der Waals surface area contributed by atoms with Crippen LogP contribution in [0.5, 0.6) is 0 Å². The number of methoxy groups -OCH3 is 1. The number of rotatable bonds is 4. The minimum atomic E-state index is -0.121. The molecule has 1 atom stereocenters. The summed E-state index contributed by atoms with van der Waals surface area (Å²) >= 11 is 0. The van der Waals surface area contributed by atoms with Crippen LogP contribution in [0.25, 0.3) is 0 Å². The van der Waals surface area contributed by atoms with E-state index in [-0.39, 0.29) is 5.60 Å². The third kappa shape index (κ3) is 3.70. The van der Waals surface area contributed by atoms with Crippen LogP contribution in [-0.4, -0.2) is 37.9 Å². The number of nitrogens with zero attached hydrogens (tertiary/aromatic N) is 1. The molecule has 0 aromatic carbocycles. The van der Waals surface area contributed by atoms with Crippen molar-refractivity contribution in [3.05, 3.63) is 0 Å². The Labute approximate surface area is 69.7 Å². The summed E-state index contributed by atoms with van der Waals surface area (Å²) < 4.78 is 5.31. The third-order valence-electron chi connectivity index (χ3n) is 2.02. The molecule has 11 heavy (non-hydrogen) atoms. The molecule has 0 aliphatic rings. The maximum absolute atomic E-state index is 5.31. The molecule has 3 nitrogen and oxygen atoms in total. The first-order valence-corrected chi connectivity index (χ1v) is 3.89. The Bertz CT molecular complexity index is 113. The Morgan fingerprint density at radius 3 is 2.09 bits per heavy atom. The van der Waals surface area contributed by atoms with E-state index in [0.717, 1.165) is 0 Å². The van der Waals surface area contributed by atoms with Gasteiger partial charge in [0, 0.05) is 27.2 Å². The molecule has 0 amide bonds. The van der Waals surface area contributed by atoms with Gasteiger partial charge in [0.15, 0.2) is 0 Å². The topological polar surface area (TPSA) is 24.5 Å². The lowest BCUT2D eigenvalue weighted by Crippen LogP contribution is -2.50. The van der Waals surface area contributed by atoms with E-state index in [1.54, 1.807) is 7.11 Å². The largest absolute Gasteiger partial charge is 0.377 e. The quantitative estimate of drug-likeness (QED) is 0.617. The highest BCUT2D eigenvalue weighted by Crippen LogP contribution is 2.12. The number of hydrazine groups is 1. The molecule has 3 heteroatoms. The molecule has 0 aliphatic heterocycles. The molecule has 0 bridgehead atoms. The smallest absolute Gasteiger partial charge is 0.0785 e. The zero-order valence-corrected chi connectivity index (χ0v) is 8.43. The second kappa shape index (κ2) is 4.04. The van der Waals surface area contributed by atoms with Gasteiger partial charge in [-0.1, -0.05) is 0 Å². The van der Waals surface area contributed by atoms with Crippen LogP contribution >= 0.6 is 0 Å². The van der Waals surface area contributed by atoms with Gasteiger partial charge in [-0.3, -0.25) is 10.4 Å². The average molecular weight is 160 g/mol. The number of nitrogens with one attached hydrogen (secondary N) is 1. The van der Waals surface area contributed by atoms with E-state index in [9.17, 15) is 0 Å². The minimum Gasteiger partial charge on any atom is -0.377 e. The summed E-state index contributed by atoms with van der Waals surface area (Å²) in [4.78, 5) is 0. The lowest BCUT2D eigenvalue weighted by Gasteiger charge is -2.33. The molecule has 0 heterocycles. The molecule has 0 aliphatic carbocycles. The standard InChI is InChI=1S/C8H20N2O/c1-7(9-10(4)5)8(2,3)11-6/h7,9H,1-6H3. The molecule has 0 rings (SSSR count). The van der Waals surface area contributed by atoms with Crippen LogP contribution in [0.2, 0.25) is 0 Å². The van der Waals surface area contributed by atoms with E-state index in [1.807, 2.05) is 19.1 Å². The summed E-state index contributed by atoms with van der Waals surface area (Å²) in [7, 11) is 5.68. The lowest BCUT2D eigenvalue weighted by atomic mass is 10.0. The zero-order chi connectivity index (χ0) is 9.07. The molecule has 0 aromatic rings. The molecular weight excluding hydrogens is 140 g/mol. The molecule has 0 saturated heterocycles. The monoisotopic (exact) mass is 160 g/mol. The maximum Gasteiger partial charge on any atom is 0.0785 e. The lowest BCUT2D eigenvalue weighted by molar-refractivity contribution is -0.0219. The Morgan fingerprint density at radius 1 is 1.36 bits per heavy atom. The van der Waals surface area contributed by atoms with Crippen LogP contribution in [0.4, 0.5) is 0 Å². The second-order valence-electron chi connectivity index (χ2n) is 3.55. The SMILES string of the molecule is COC(C)(C)C(C)NN(C)C. The van der Waals surface area contributed by atoms with Crippen molar-refractivity contribution in [2.45, 2.75) is 32.4 Å². The van der Waals surface area contributed by atoms with Crippen molar-refractivity contribution < 1.29 is 4.74 Å². The van der Waals surface area contributed by atoms with Crippen molar-refractivity contribution in [3.8, 4) is 0 Å². The van der Waals surface area contributed by atoms with Gasteiger partial charge in [-0.05, 0) is 20.8 Å². The highest BCUT2D eigenvalue weighted by atomic mass is 16.5. The van der Waals surface area contributed by atoms with Crippen LogP contribution in [0.1, 0.15) is 20.8 Å². The summed E-state index contributed by atoms with van der Waals surface area (Å²) in [6, 6.07) is 0.308. The molecule has 1 N–H and O–H groups in total. The maximum atomic E-state index is 5.31. The van der Waals surface area contributed by atoms with E-state index in [4.69, 9.17) is 4.74 Å². The van der Waals surface area contributed by atoms with Gasteiger partial charge in [0.1, 0.15) is 0 Å². The molecule has 0 spiro atoms. The van der Waals surface area contributed by atoms with Crippen molar-refractivity contribution in [1.29, 1.82) is 0 Å². The van der Waals surface area contributed by atoms with E-state index < -0.39 is 0 Å². The van der Waals surface area contributed by atoms with Crippen LogP contribution in [-0.2, 0) is 4.74 Å². The predicted molar refractivity (Wildman–Crippen MR) is 47.4 cm³/mol. The van der Waals surface area contributed by atoms with Gasteiger partial charge in [-0.25, -0.2) is 0 Å². The minimum absolute atomic E-state index is 0.121. The molecular formula is C8H20N2O. The normalized spacial score (nSPS) is 15.5. The van der Waals surface area contributed by atoms with Crippen LogP contribution in [0, 0.1) is 0 Å². The van der Waals surface area contributed by atoms with Gasteiger partial charge < -0.3 is 4.74 Å². The molecule has 0 saturated carbocycles. The third-order valence-corrected chi connectivity index (χ3v) is 2.02. The predicted octanol–water partition coefficient (Wildman–Crippen LogP) is 0.866. The summed E-state index contributed by atoms with van der Waals surface area (Å²) in [6.07, 6.45) is 0. The summed E-state index contributed by atoms with van der Waals surface area (Å²) in [5.41, 5.74) is 3.12. The number of ether oxygens (including phenoxy) is 1. The van der Waals surface area contributed by atoms with Gasteiger partial charge in [-0.2, -0.15) is 0 Å². The van der Waals surface area contributed by atoms with E-state index >= 15 is 0 Å². The highest BCUT2D eigenvalue weighted by molar-refractivity contribution is 4.79. The van der Waals surface area contributed by atoms with Gasteiger partial charge in [0.05, 0.1) is 5.60 Å². The zero-order valence-electron chi connectivity index (χ0n) is 8.43. The Kier molecular flexibility index (Phi) is 4.00. The summed E-state index contributed by atoms with van der Waals surface area (Å²) in [6.45, 7) is 6.23. The van der Waals surface area contributed by atoms with Crippen molar-refractivity contribution in [3.63, 3.8) is 0 Å². The highest BCUT2D eigenvalue weighted by Gasteiger charge is 2.24. The number of hydrogen-bond donors (Lipinski definition) is 1. The summed E-state index contributed by atoms with van der Waals surface area (Å²) in [5, 5.41) is 1.94. The molecule has 68 valence electrons. The molecule has 0 fully saturated rings. The van der Waals surface area contributed by atoms with Crippen LogP contribution in [0.3, 0.4) is 0 Å². The van der Waals surface area contributed by atoms with Gasteiger partial charge in [0.25, 0.3) is 0 Å². The number of hydrogen-bond acceptors (Lipinski definition) is 3. The Morgan fingerprint density at radius 2 is 1.82 bits per heavy atom. The van der Waals surface area contributed by atoms with Crippen molar-refractivity contribution >= 4 is 0 Å². The van der Waals surface area contributed by atoms with E-state index in [0.29, 0.717) is 6.04 Å². The van der Waals surface area contributed by atoms with Crippen LogP contribution in [0.15, 0.2) is 0 Å². The Balaban J connectivity index is 3.90. The Hall–Kier alpha value is -0.120. The van der Waals surface area contributed by atoms with Gasteiger partial charge in [0.2, 0.25) is 0 Å². The summed E-state index contributed by atoms with van der Waals surface area (Å²) in [5.74, 6) is 0. The van der Waals surface area contributed by atoms with Crippen molar-refractivity contribution in [1.82, 2.24) is 10.4 Å².